The van der Waals surface area contributed by atoms with Crippen molar-refractivity contribution >= 4 is 17.7 Å². The molecule has 1 aromatic carbocycles. The molecular formula is C11H13FO3S. The van der Waals surface area contributed by atoms with Crippen LogP contribution in [-0.2, 0) is 9.54 Å². The van der Waals surface area contributed by atoms with Crippen molar-refractivity contribution in [3.05, 3.63) is 35.6 Å². The van der Waals surface area contributed by atoms with E-state index in [0.717, 1.165) is 11.8 Å². The Kier molecular flexibility index (Phi) is 4.32. The fraction of sp³-hybridized carbons (Fsp3) is 0.364. The molecule has 0 aromatic heterocycles. The molecule has 88 valence electrons. The molecule has 0 saturated heterocycles. The van der Waals surface area contributed by atoms with Crippen LogP contribution in [0.5, 0.6) is 0 Å². The van der Waals surface area contributed by atoms with E-state index in [1.165, 1.54) is 24.3 Å². The monoisotopic (exact) mass is 244 g/mol. The molecule has 0 aliphatic heterocycles. The second-order valence-electron chi connectivity index (χ2n) is 3.42. The Morgan fingerprint density at radius 2 is 2.00 bits per heavy atom. The highest BCUT2D eigenvalue weighted by Crippen LogP contribution is 2.36. The van der Waals surface area contributed by atoms with Crippen molar-refractivity contribution in [3.63, 3.8) is 0 Å². The number of carboxylic acid groups (broad SMARTS) is 1. The largest absolute Gasteiger partial charge is 0.480 e. The molecule has 1 atom stereocenters. The summed E-state index contributed by atoms with van der Waals surface area (Å²) < 4.78 is 11.6. The zero-order valence-corrected chi connectivity index (χ0v) is 9.63. The number of aliphatic carboxylic acids is 1. The number of carboxylic acids is 1. The third-order valence-electron chi connectivity index (χ3n) is 2.29. The Labute approximate surface area is 97.3 Å². The van der Waals surface area contributed by atoms with Crippen LogP contribution in [0.2, 0.25) is 0 Å². The van der Waals surface area contributed by atoms with Crippen LogP contribution in [0, 0.1) is 5.82 Å². The van der Waals surface area contributed by atoms with Crippen molar-refractivity contribution in [1.82, 2.24) is 0 Å². The SMILES string of the molecule is CC(SCCO)(C(=O)O)c1ccc(F)cc1. The minimum absolute atomic E-state index is 0.0886. The van der Waals surface area contributed by atoms with Crippen LogP contribution < -0.4 is 0 Å². The molecule has 0 saturated carbocycles. The van der Waals surface area contributed by atoms with Crippen molar-refractivity contribution < 1.29 is 19.4 Å². The van der Waals surface area contributed by atoms with E-state index >= 15 is 0 Å². The van der Waals surface area contributed by atoms with E-state index in [-0.39, 0.29) is 6.61 Å². The van der Waals surface area contributed by atoms with E-state index in [4.69, 9.17) is 5.11 Å². The van der Waals surface area contributed by atoms with Crippen LogP contribution in [0.25, 0.3) is 0 Å². The Hall–Kier alpha value is -1.07. The average Bonchev–Trinajstić information content (AvgIpc) is 2.26. The van der Waals surface area contributed by atoms with Crippen LogP contribution in [0.1, 0.15) is 12.5 Å². The van der Waals surface area contributed by atoms with Crippen molar-refractivity contribution in [2.45, 2.75) is 11.7 Å². The highest BCUT2D eigenvalue weighted by atomic mass is 32.2. The van der Waals surface area contributed by atoms with Crippen LogP contribution in [0.4, 0.5) is 4.39 Å². The molecule has 0 aliphatic carbocycles. The number of carbonyl (C=O) groups is 1. The van der Waals surface area contributed by atoms with Crippen molar-refractivity contribution in [3.8, 4) is 0 Å². The van der Waals surface area contributed by atoms with Gasteiger partial charge in [-0.15, -0.1) is 11.8 Å². The molecule has 0 amide bonds. The van der Waals surface area contributed by atoms with E-state index in [0.29, 0.717) is 11.3 Å². The molecule has 0 fully saturated rings. The third kappa shape index (κ3) is 2.74. The first kappa shape index (κ1) is 13.0. The molecule has 0 aliphatic rings. The van der Waals surface area contributed by atoms with Gasteiger partial charge in [-0.25, -0.2) is 4.39 Å². The lowest BCUT2D eigenvalue weighted by molar-refractivity contribution is -0.139. The Balaban J connectivity index is 3.01. The third-order valence-corrected chi connectivity index (χ3v) is 3.66. The lowest BCUT2D eigenvalue weighted by atomic mass is 10.0. The highest BCUT2D eigenvalue weighted by molar-refractivity contribution is 8.00. The summed E-state index contributed by atoms with van der Waals surface area (Å²) in [4.78, 5) is 11.2. The fourth-order valence-electron chi connectivity index (χ4n) is 1.29. The van der Waals surface area contributed by atoms with Crippen LogP contribution >= 0.6 is 11.8 Å². The number of hydrogen-bond donors (Lipinski definition) is 2. The van der Waals surface area contributed by atoms with Gasteiger partial charge < -0.3 is 10.2 Å². The van der Waals surface area contributed by atoms with Gasteiger partial charge in [0, 0.05) is 5.75 Å². The molecule has 5 heteroatoms. The topological polar surface area (TPSA) is 57.5 Å². The second-order valence-corrected chi connectivity index (χ2v) is 4.93. The van der Waals surface area contributed by atoms with Gasteiger partial charge in [-0.2, -0.15) is 0 Å². The molecule has 3 nitrogen and oxygen atoms in total. The summed E-state index contributed by atoms with van der Waals surface area (Å²) in [6, 6.07) is 5.37. The molecule has 0 bridgehead atoms. The van der Waals surface area contributed by atoms with Gasteiger partial charge in [-0.3, -0.25) is 4.79 Å². The maximum atomic E-state index is 12.7. The number of halogens is 1. The van der Waals surface area contributed by atoms with E-state index in [2.05, 4.69) is 0 Å². The first-order chi connectivity index (χ1) is 7.50. The minimum atomic E-state index is -1.16. The van der Waals surface area contributed by atoms with Crippen LogP contribution in [0.3, 0.4) is 0 Å². The van der Waals surface area contributed by atoms with E-state index in [1.807, 2.05) is 0 Å². The number of aliphatic hydroxyl groups excluding tert-OH is 1. The maximum Gasteiger partial charge on any atom is 0.324 e. The lowest BCUT2D eigenvalue weighted by Crippen LogP contribution is -2.29. The van der Waals surface area contributed by atoms with E-state index in [1.54, 1.807) is 6.92 Å². The van der Waals surface area contributed by atoms with Crippen LogP contribution in [0.15, 0.2) is 24.3 Å². The summed E-state index contributed by atoms with van der Waals surface area (Å²) in [5, 5.41) is 17.9. The lowest BCUT2D eigenvalue weighted by Gasteiger charge is -2.24. The van der Waals surface area contributed by atoms with Gasteiger partial charge in [0.1, 0.15) is 10.6 Å². The fourth-order valence-corrected chi connectivity index (χ4v) is 2.21. The quantitative estimate of drug-likeness (QED) is 0.830. The molecule has 0 heterocycles. The first-order valence-electron chi connectivity index (χ1n) is 4.75. The van der Waals surface area contributed by atoms with Crippen molar-refractivity contribution in [1.29, 1.82) is 0 Å². The van der Waals surface area contributed by atoms with Gasteiger partial charge in [0.15, 0.2) is 0 Å². The predicted octanol–water partition coefficient (Wildman–Crippen LogP) is 1.85. The highest BCUT2D eigenvalue weighted by Gasteiger charge is 2.35. The summed E-state index contributed by atoms with van der Waals surface area (Å²) in [6.07, 6.45) is 0. The van der Waals surface area contributed by atoms with Gasteiger partial charge in [0.05, 0.1) is 6.61 Å². The van der Waals surface area contributed by atoms with E-state index in [9.17, 15) is 14.3 Å². The zero-order chi connectivity index (χ0) is 12.2. The maximum absolute atomic E-state index is 12.7. The normalized spacial score (nSPS) is 14.4. The van der Waals surface area contributed by atoms with Crippen molar-refractivity contribution in [2.24, 2.45) is 0 Å². The molecule has 1 aromatic rings. The van der Waals surface area contributed by atoms with Gasteiger partial charge in [0.2, 0.25) is 0 Å². The predicted molar refractivity (Wildman–Crippen MR) is 60.9 cm³/mol. The molecule has 0 spiro atoms. The first-order valence-corrected chi connectivity index (χ1v) is 5.73. The average molecular weight is 244 g/mol. The Morgan fingerprint density at radius 3 is 2.44 bits per heavy atom. The van der Waals surface area contributed by atoms with E-state index < -0.39 is 16.5 Å². The summed E-state index contributed by atoms with van der Waals surface area (Å²) in [5.41, 5.74) is 0.514. The van der Waals surface area contributed by atoms with Gasteiger partial charge in [0.25, 0.3) is 0 Å². The number of hydrogen-bond acceptors (Lipinski definition) is 3. The number of thioether (sulfide) groups is 1. The summed E-state index contributed by atoms with van der Waals surface area (Å²) in [7, 11) is 0. The van der Waals surface area contributed by atoms with Crippen LogP contribution in [-0.4, -0.2) is 28.5 Å². The molecule has 1 rings (SSSR count). The Bertz CT molecular complexity index is 366. The number of rotatable bonds is 5. The molecule has 1 unspecified atom stereocenters. The molecule has 0 radical (unpaired) electrons. The smallest absolute Gasteiger partial charge is 0.324 e. The molecular weight excluding hydrogens is 231 g/mol. The Morgan fingerprint density at radius 1 is 1.44 bits per heavy atom. The standard InChI is InChI=1S/C11H13FO3S/c1-11(10(14)15,16-7-6-13)8-2-4-9(12)5-3-8/h2-5,13H,6-7H2,1H3,(H,14,15). The summed E-state index contributed by atoms with van der Waals surface area (Å²) >= 11 is 1.12. The summed E-state index contributed by atoms with van der Waals surface area (Å²) in [6.45, 7) is 1.46. The second kappa shape index (κ2) is 5.32. The van der Waals surface area contributed by atoms with Gasteiger partial charge >= 0.3 is 5.97 Å². The summed E-state index contributed by atoms with van der Waals surface area (Å²) in [5.74, 6) is -1.08. The van der Waals surface area contributed by atoms with Gasteiger partial charge in [-0.1, -0.05) is 12.1 Å². The minimum Gasteiger partial charge on any atom is -0.480 e. The number of benzene rings is 1. The number of aliphatic hydroxyl groups is 1. The zero-order valence-electron chi connectivity index (χ0n) is 8.81. The van der Waals surface area contributed by atoms with Crippen molar-refractivity contribution in [2.75, 3.05) is 12.4 Å². The molecule has 2 N–H and O–H groups in total. The molecule has 16 heavy (non-hydrogen) atoms. The van der Waals surface area contributed by atoms with Gasteiger partial charge in [-0.05, 0) is 24.6 Å².